The third-order valence-corrected chi connectivity index (χ3v) is 5.33. The molecule has 19 heavy (non-hydrogen) atoms. The second kappa shape index (κ2) is 5.51. The molecular formula is C14H22N2O2S. The minimum absolute atomic E-state index is 0.0617. The van der Waals surface area contributed by atoms with Crippen LogP contribution >= 0.6 is 0 Å². The van der Waals surface area contributed by atoms with Crippen molar-refractivity contribution < 1.29 is 8.42 Å². The van der Waals surface area contributed by atoms with Gasteiger partial charge in [-0.05, 0) is 49.4 Å². The molecule has 1 aliphatic rings. The molecule has 0 spiro atoms. The Morgan fingerprint density at radius 3 is 2.68 bits per heavy atom. The smallest absolute Gasteiger partial charge is 0.240 e. The van der Waals surface area contributed by atoms with Gasteiger partial charge in [-0.25, -0.2) is 13.1 Å². The first-order valence-corrected chi connectivity index (χ1v) is 8.25. The van der Waals surface area contributed by atoms with E-state index in [2.05, 4.69) is 11.6 Å². The van der Waals surface area contributed by atoms with E-state index in [1.807, 2.05) is 6.92 Å². The number of hydrogen-bond acceptors (Lipinski definition) is 3. The lowest BCUT2D eigenvalue weighted by molar-refractivity contribution is 0.327. The van der Waals surface area contributed by atoms with Gasteiger partial charge in [0.15, 0.2) is 0 Å². The van der Waals surface area contributed by atoms with E-state index in [1.54, 1.807) is 18.2 Å². The molecule has 1 aromatic carbocycles. The summed E-state index contributed by atoms with van der Waals surface area (Å²) in [4.78, 5) is 0.303. The van der Waals surface area contributed by atoms with E-state index in [0.29, 0.717) is 16.5 Å². The highest BCUT2D eigenvalue weighted by Crippen LogP contribution is 2.25. The van der Waals surface area contributed by atoms with Crippen LogP contribution in [0, 0.1) is 12.8 Å². The van der Waals surface area contributed by atoms with Crippen molar-refractivity contribution in [3.05, 3.63) is 23.8 Å². The molecule has 2 unspecified atom stereocenters. The van der Waals surface area contributed by atoms with Gasteiger partial charge in [-0.1, -0.05) is 19.8 Å². The highest BCUT2D eigenvalue weighted by Gasteiger charge is 2.24. The number of aryl methyl sites for hydroxylation is 1. The monoisotopic (exact) mass is 282 g/mol. The molecule has 2 rings (SSSR count). The summed E-state index contributed by atoms with van der Waals surface area (Å²) in [6.07, 6.45) is 4.14. The second-order valence-electron chi connectivity index (χ2n) is 5.61. The van der Waals surface area contributed by atoms with Gasteiger partial charge in [-0.2, -0.15) is 0 Å². The molecule has 0 heterocycles. The van der Waals surface area contributed by atoms with E-state index >= 15 is 0 Å². The van der Waals surface area contributed by atoms with Crippen LogP contribution in [-0.2, 0) is 10.0 Å². The molecular weight excluding hydrogens is 260 g/mol. The zero-order chi connectivity index (χ0) is 14.0. The van der Waals surface area contributed by atoms with Gasteiger partial charge < -0.3 is 5.73 Å². The van der Waals surface area contributed by atoms with E-state index in [4.69, 9.17) is 5.73 Å². The standard InChI is InChI=1S/C14H22N2O2S/c1-10-4-3-5-12(8-10)16-19(17,18)13-6-7-14(15)11(2)9-13/h6-7,9-10,12,16H,3-5,8,15H2,1-2H3. The summed E-state index contributed by atoms with van der Waals surface area (Å²) in [5.74, 6) is 0.592. The average Bonchev–Trinajstić information content (AvgIpc) is 2.32. The van der Waals surface area contributed by atoms with E-state index in [0.717, 1.165) is 24.8 Å². The predicted octanol–water partition coefficient (Wildman–Crippen LogP) is 2.43. The number of nitrogen functional groups attached to an aromatic ring is 1. The molecule has 1 aliphatic carbocycles. The number of sulfonamides is 1. The fourth-order valence-corrected chi connectivity index (χ4v) is 4.01. The second-order valence-corrected chi connectivity index (χ2v) is 7.32. The van der Waals surface area contributed by atoms with Crippen molar-refractivity contribution in [3.63, 3.8) is 0 Å². The van der Waals surface area contributed by atoms with Crippen LogP contribution in [0.3, 0.4) is 0 Å². The molecule has 0 bridgehead atoms. The molecule has 2 atom stereocenters. The largest absolute Gasteiger partial charge is 0.399 e. The van der Waals surface area contributed by atoms with Crippen LogP contribution in [0.5, 0.6) is 0 Å². The summed E-state index contributed by atoms with van der Waals surface area (Å²) in [5, 5.41) is 0. The van der Waals surface area contributed by atoms with Crippen molar-refractivity contribution in [3.8, 4) is 0 Å². The Kier molecular flexibility index (Phi) is 4.16. The Hall–Kier alpha value is -1.07. The van der Waals surface area contributed by atoms with Gasteiger partial charge >= 0.3 is 0 Å². The lowest BCUT2D eigenvalue weighted by Gasteiger charge is -2.27. The highest BCUT2D eigenvalue weighted by atomic mass is 32.2. The van der Waals surface area contributed by atoms with Crippen LogP contribution in [0.2, 0.25) is 0 Å². The average molecular weight is 282 g/mol. The zero-order valence-electron chi connectivity index (χ0n) is 11.5. The molecule has 106 valence electrons. The number of rotatable bonds is 3. The Morgan fingerprint density at radius 2 is 2.05 bits per heavy atom. The fourth-order valence-electron chi connectivity index (χ4n) is 2.64. The van der Waals surface area contributed by atoms with Crippen LogP contribution < -0.4 is 10.5 Å². The van der Waals surface area contributed by atoms with Gasteiger partial charge in [-0.3, -0.25) is 0 Å². The van der Waals surface area contributed by atoms with E-state index in [1.165, 1.54) is 6.42 Å². The summed E-state index contributed by atoms with van der Waals surface area (Å²) >= 11 is 0. The van der Waals surface area contributed by atoms with Crippen LogP contribution in [0.25, 0.3) is 0 Å². The first-order chi connectivity index (χ1) is 8.88. The molecule has 0 aromatic heterocycles. The van der Waals surface area contributed by atoms with Gasteiger partial charge in [-0.15, -0.1) is 0 Å². The van der Waals surface area contributed by atoms with Gasteiger partial charge in [0, 0.05) is 11.7 Å². The lowest BCUT2D eigenvalue weighted by Crippen LogP contribution is -2.37. The summed E-state index contributed by atoms with van der Waals surface area (Å²) in [5.41, 5.74) is 7.13. The molecule has 1 fully saturated rings. The fraction of sp³-hybridized carbons (Fsp3) is 0.571. The van der Waals surface area contributed by atoms with Crippen molar-refractivity contribution in [2.75, 3.05) is 5.73 Å². The Morgan fingerprint density at radius 1 is 1.32 bits per heavy atom. The molecule has 1 aromatic rings. The van der Waals surface area contributed by atoms with Gasteiger partial charge in [0.05, 0.1) is 4.90 Å². The Labute approximate surface area is 115 Å². The number of nitrogens with two attached hydrogens (primary N) is 1. The lowest BCUT2D eigenvalue weighted by atomic mass is 9.88. The van der Waals surface area contributed by atoms with Crippen LogP contribution in [0.15, 0.2) is 23.1 Å². The maximum Gasteiger partial charge on any atom is 0.240 e. The molecule has 0 radical (unpaired) electrons. The summed E-state index contributed by atoms with van der Waals surface area (Å²) in [6.45, 7) is 3.99. The summed E-state index contributed by atoms with van der Waals surface area (Å²) in [7, 11) is -3.43. The maximum absolute atomic E-state index is 12.3. The first-order valence-electron chi connectivity index (χ1n) is 6.77. The molecule has 0 saturated heterocycles. The zero-order valence-corrected chi connectivity index (χ0v) is 12.3. The van der Waals surface area contributed by atoms with Crippen LogP contribution in [-0.4, -0.2) is 14.5 Å². The number of nitrogens with one attached hydrogen (secondary N) is 1. The highest BCUT2D eigenvalue weighted by molar-refractivity contribution is 7.89. The molecule has 5 heteroatoms. The summed E-state index contributed by atoms with van der Waals surface area (Å²) < 4.78 is 27.5. The molecule has 1 saturated carbocycles. The van der Waals surface area contributed by atoms with E-state index < -0.39 is 10.0 Å². The number of benzene rings is 1. The van der Waals surface area contributed by atoms with Crippen molar-refractivity contribution >= 4 is 15.7 Å². The molecule has 0 aliphatic heterocycles. The Balaban J connectivity index is 2.15. The number of hydrogen-bond donors (Lipinski definition) is 2. The number of anilines is 1. The first kappa shape index (κ1) is 14.3. The van der Waals surface area contributed by atoms with Crippen molar-refractivity contribution in [2.24, 2.45) is 5.92 Å². The van der Waals surface area contributed by atoms with Crippen LogP contribution in [0.4, 0.5) is 5.69 Å². The summed E-state index contributed by atoms with van der Waals surface area (Å²) in [6, 6.07) is 4.90. The van der Waals surface area contributed by atoms with Gasteiger partial charge in [0.2, 0.25) is 10.0 Å². The van der Waals surface area contributed by atoms with Gasteiger partial charge in [0.1, 0.15) is 0 Å². The molecule has 0 amide bonds. The third kappa shape index (κ3) is 3.48. The molecule has 4 nitrogen and oxygen atoms in total. The SMILES string of the molecule is Cc1cc(S(=O)(=O)NC2CCCC(C)C2)ccc1N. The van der Waals surface area contributed by atoms with E-state index in [9.17, 15) is 8.42 Å². The topological polar surface area (TPSA) is 72.2 Å². The third-order valence-electron chi connectivity index (χ3n) is 3.81. The quantitative estimate of drug-likeness (QED) is 0.836. The Bertz CT molecular complexity index is 555. The van der Waals surface area contributed by atoms with Crippen molar-refractivity contribution in [1.82, 2.24) is 4.72 Å². The van der Waals surface area contributed by atoms with Gasteiger partial charge in [0.25, 0.3) is 0 Å². The minimum atomic E-state index is -3.43. The molecule has 3 N–H and O–H groups in total. The predicted molar refractivity (Wildman–Crippen MR) is 77.3 cm³/mol. The normalized spacial score (nSPS) is 24.3. The van der Waals surface area contributed by atoms with E-state index in [-0.39, 0.29) is 6.04 Å². The maximum atomic E-state index is 12.3. The van der Waals surface area contributed by atoms with Crippen molar-refractivity contribution in [1.29, 1.82) is 0 Å². The minimum Gasteiger partial charge on any atom is -0.399 e. The van der Waals surface area contributed by atoms with Crippen LogP contribution in [0.1, 0.15) is 38.2 Å². The van der Waals surface area contributed by atoms with Crippen molar-refractivity contribution in [2.45, 2.75) is 50.5 Å².